The summed E-state index contributed by atoms with van der Waals surface area (Å²) < 4.78 is 11.2. The number of fused-ring (bicyclic) bond motifs is 1. The highest BCUT2D eigenvalue weighted by molar-refractivity contribution is 7.98. The molecule has 0 atom stereocenters. The molecule has 8 heteroatoms. The molecule has 176 valence electrons. The largest absolute Gasteiger partial charge is 0.486 e. The molecule has 4 rings (SSSR count). The number of ether oxygens (including phenoxy) is 2. The normalized spacial score (nSPS) is 12.4. The van der Waals surface area contributed by atoms with E-state index in [0.717, 1.165) is 16.3 Å². The highest BCUT2D eigenvalue weighted by Crippen LogP contribution is 2.40. The third kappa shape index (κ3) is 5.28. The fourth-order valence-corrected chi connectivity index (χ4v) is 4.51. The van der Waals surface area contributed by atoms with Gasteiger partial charge in [-0.3, -0.25) is 4.79 Å². The zero-order valence-corrected chi connectivity index (χ0v) is 19.7. The number of thioether (sulfide) groups is 1. The van der Waals surface area contributed by atoms with Crippen LogP contribution in [0.25, 0.3) is 0 Å². The van der Waals surface area contributed by atoms with Gasteiger partial charge in [-0.1, -0.05) is 36.4 Å². The minimum absolute atomic E-state index is 0.0610. The molecule has 0 aliphatic carbocycles. The molecule has 1 amide bonds. The second-order valence-electron chi connectivity index (χ2n) is 7.62. The summed E-state index contributed by atoms with van der Waals surface area (Å²) >= 11 is 1.60. The van der Waals surface area contributed by atoms with Crippen molar-refractivity contribution in [3.63, 3.8) is 0 Å². The molecule has 1 aliphatic heterocycles. The van der Waals surface area contributed by atoms with Gasteiger partial charge in [0.15, 0.2) is 18.1 Å². The van der Waals surface area contributed by atoms with E-state index in [9.17, 15) is 9.59 Å². The zero-order chi connectivity index (χ0) is 23.9. The molecule has 0 saturated heterocycles. The number of aliphatic carboxylic acids is 1. The first-order valence-corrected chi connectivity index (χ1v) is 12.2. The summed E-state index contributed by atoms with van der Waals surface area (Å²) in [5, 5.41) is 8.96. The van der Waals surface area contributed by atoms with Crippen LogP contribution in [0.4, 0.5) is 11.4 Å². The Morgan fingerprint density at radius 3 is 2.59 bits per heavy atom. The van der Waals surface area contributed by atoms with E-state index in [2.05, 4.69) is 4.90 Å². The summed E-state index contributed by atoms with van der Waals surface area (Å²) in [6.45, 7) is 1.68. The van der Waals surface area contributed by atoms with Gasteiger partial charge >= 0.3 is 5.97 Å². The minimum Gasteiger partial charge on any atom is -0.486 e. The van der Waals surface area contributed by atoms with Crippen molar-refractivity contribution < 1.29 is 24.2 Å². The molecule has 3 aromatic rings. The van der Waals surface area contributed by atoms with Crippen molar-refractivity contribution in [1.82, 2.24) is 0 Å². The predicted molar refractivity (Wildman–Crippen MR) is 134 cm³/mol. The van der Waals surface area contributed by atoms with Gasteiger partial charge in [0.05, 0.1) is 17.9 Å². The lowest BCUT2D eigenvalue weighted by atomic mass is 10.1. The van der Waals surface area contributed by atoms with E-state index in [1.54, 1.807) is 17.8 Å². The van der Waals surface area contributed by atoms with Crippen LogP contribution in [0, 0.1) is 0 Å². The second kappa shape index (κ2) is 11.0. The number of rotatable bonds is 9. The van der Waals surface area contributed by atoms with Crippen molar-refractivity contribution in [2.45, 2.75) is 4.90 Å². The van der Waals surface area contributed by atoms with Crippen LogP contribution in [-0.4, -0.2) is 56.1 Å². The maximum absolute atomic E-state index is 13.5. The summed E-state index contributed by atoms with van der Waals surface area (Å²) in [6.07, 6.45) is 2.00. The number of hydrogen-bond donors (Lipinski definition) is 1. The highest BCUT2D eigenvalue weighted by Gasteiger charge is 2.25. The lowest BCUT2D eigenvalue weighted by Gasteiger charge is -2.34. The van der Waals surface area contributed by atoms with Gasteiger partial charge in [0.2, 0.25) is 0 Å². The third-order valence-corrected chi connectivity index (χ3v) is 6.28. The van der Waals surface area contributed by atoms with Crippen molar-refractivity contribution in [3.8, 4) is 11.5 Å². The number of carbonyl (C=O) groups excluding carboxylic acids is 1. The van der Waals surface area contributed by atoms with E-state index >= 15 is 0 Å². The number of carbonyl (C=O) groups is 2. The monoisotopic (exact) mass is 478 g/mol. The number of para-hydroxylation sites is 2. The molecule has 7 nitrogen and oxygen atoms in total. The Morgan fingerprint density at radius 2 is 1.82 bits per heavy atom. The van der Waals surface area contributed by atoms with Gasteiger partial charge in [-0.25, -0.2) is 4.79 Å². The van der Waals surface area contributed by atoms with Crippen LogP contribution in [0.2, 0.25) is 0 Å². The SMILES string of the molecule is CSc1ccccc1N(CCN1CCOc2c(OCC(=O)O)cccc21)C(=O)c1ccccc1. The van der Waals surface area contributed by atoms with Crippen molar-refractivity contribution in [1.29, 1.82) is 0 Å². The Labute approximate surface area is 202 Å². The average Bonchev–Trinajstić information content (AvgIpc) is 2.88. The maximum Gasteiger partial charge on any atom is 0.341 e. The topological polar surface area (TPSA) is 79.3 Å². The Hall–Kier alpha value is -3.65. The molecule has 3 aromatic carbocycles. The van der Waals surface area contributed by atoms with Gasteiger partial charge in [-0.15, -0.1) is 11.8 Å². The number of anilines is 2. The van der Waals surface area contributed by atoms with E-state index in [1.165, 1.54) is 0 Å². The molecule has 1 N–H and O–H groups in total. The molecule has 0 unspecified atom stereocenters. The van der Waals surface area contributed by atoms with Crippen molar-refractivity contribution in [2.75, 3.05) is 48.9 Å². The van der Waals surface area contributed by atoms with Crippen LogP contribution in [0.5, 0.6) is 11.5 Å². The van der Waals surface area contributed by atoms with E-state index in [-0.39, 0.29) is 5.91 Å². The fraction of sp³-hybridized carbons (Fsp3) is 0.231. The molecular weight excluding hydrogens is 452 g/mol. The van der Waals surface area contributed by atoms with Crippen LogP contribution in [-0.2, 0) is 4.79 Å². The van der Waals surface area contributed by atoms with Crippen LogP contribution in [0.1, 0.15) is 10.4 Å². The zero-order valence-electron chi connectivity index (χ0n) is 18.8. The molecule has 1 aliphatic rings. The van der Waals surface area contributed by atoms with E-state index in [0.29, 0.717) is 43.3 Å². The summed E-state index contributed by atoms with van der Waals surface area (Å²) in [7, 11) is 0. The lowest BCUT2D eigenvalue weighted by molar-refractivity contribution is -0.139. The van der Waals surface area contributed by atoms with Gasteiger partial charge in [-0.05, 0) is 42.7 Å². The molecule has 0 radical (unpaired) electrons. The molecular formula is C26H26N2O5S. The second-order valence-corrected chi connectivity index (χ2v) is 8.47. The lowest BCUT2D eigenvalue weighted by Crippen LogP contribution is -2.42. The van der Waals surface area contributed by atoms with Gasteiger partial charge in [0.1, 0.15) is 6.61 Å². The Balaban J connectivity index is 1.60. The van der Waals surface area contributed by atoms with E-state index in [4.69, 9.17) is 14.6 Å². The molecule has 1 heterocycles. The summed E-state index contributed by atoms with van der Waals surface area (Å²) in [5.41, 5.74) is 2.32. The Bertz CT molecular complexity index is 1150. The number of benzene rings is 3. The fourth-order valence-electron chi connectivity index (χ4n) is 3.90. The van der Waals surface area contributed by atoms with Crippen LogP contribution >= 0.6 is 11.8 Å². The van der Waals surface area contributed by atoms with Gasteiger partial charge in [-0.2, -0.15) is 0 Å². The van der Waals surface area contributed by atoms with Crippen LogP contribution < -0.4 is 19.3 Å². The number of nitrogens with zero attached hydrogens (tertiary/aromatic N) is 2. The van der Waals surface area contributed by atoms with Gasteiger partial charge in [0.25, 0.3) is 5.91 Å². The highest BCUT2D eigenvalue weighted by atomic mass is 32.2. The average molecular weight is 479 g/mol. The van der Waals surface area contributed by atoms with Crippen LogP contribution in [0.3, 0.4) is 0 Å². The molecule has 0 bridgehead atoms. The standard InChI is InChI=1S/C26H26N2O5S/c1-34-23-13-6-5-10-20(23)28(26(31)19-8-3-2-4-9-19)15-14-27-16-17-32-25-21(27)11-7-12-22(25)33-18-24(29)30/h2-13H,14-18H2,1H3,(H,29,30). The first kappa shape index (κ1) is 23.5. The molecule has 34 heavy (non-hydrogen) atoms. The molecule has 0 saturated carbocycles. The summed E-state index contributed by atoms with van der Waals surface area (Å²) in [4.78, 5) is 29.5. The summed E-state index contributed by atoms with van der Waals surface area (Å²) in [6, 6.07) is 22.6. The first-order chi connectivity index (χ1) is 16.6. The molecule has 0 fully saturated rings. The number of carboxylic acid groups (broad SMARTS) is 1. The first-order valence-electron chi connectivity index (χ1n) is 10.9. The maximum atomic E-state index is 13.5. The molecule has 0 spiro atoms. The number of carboxylic acids is 1. The van der Waals surface area contributed by atoms with Gasteiger partial charge in [0, 0.05) is 23.5 Å². The van der Waals surface area contributed by atoms with Gasteiger partial charge < -0.3 is 24.4 Å². The quantitative estimate of drug-likeness (QED) is 0.456. The van der Waals surface area contributed by atoms with Crippen LogP contribution in [0.15, 0.2) is 77.7 Å². The molecule has 0 aromatic heterocycles. The third-order valence-electron chi connectivity index (χ3n) is 5.49. The predicted octanol–water partition coefficient (Wildman–Crippen LogP) is 4.42. The van der Waals surface area contributed by atoms with Crippen molar-refractivity contribution in [2.24, 2.45) is 0 Å². The van der Waals surface area contributed by atoms with Crippen molar-refractivity contribution in [3.05, 3.63) is 78.4 Å². The smallest absolute Gasteiger partial charge is 0.341 e. The number of hydrogen-bond acceptors (Lipinski definition) is 6. The van der Waals surface area contributed by atoms with E-state index < -0.39 is 12.6 Å². The van der Waals surface area contributed by atoms with Crippen molar-refractivity contribution >= 4 is 35.0 Å². The Morgan fingerprint density at radius 1 is 1.06 bits per heavy atom. The summed E-state index contributed by atoms with van der Waals surface area (Å²) in [5.74, 6) is -0.183. The van der Waals surface area contributed by atoms with E-state index in [1.807, 2.05) is 77.9 Å². The minimum atomic E-state index is -1.05. The number of amides is 1. The Kier molecular flexibility index (Phi) is 7.59.